The smallest absolute Gasteiger partial charge is 0.220 e. The Morgan fingerprint density at radius 3 is 0.879 bits per heavy atom. The molecule has 1 amide bonds. The van der Waals surface area contributed by atoms with Gasteiger partial charge in [0.05, 0.1) is 18.8 Å². The highest BCUT2D eigenvalue weighted by atomic mass is 16.3. The SMILES string of the molecule is CCCCCCCCCCCCCC/C=C\CCCCCCCCCCCCCCCCCC(=O)NC(CO)C(O)/C=C/CC/C=C/CCCCCCCCCCCCCCCCCCC. The summed E-state index contributed by atoms with van der Waals surface area (Å²) in [6.45, 7) is 4.34. The average molecular weight is 927 g/mol. The van der Waals surface area contributed by atoms with E-state index in [1.807, 2.05) is 6.08 Å². The van der Waals surface area contributed by atoms with Gasteiger partial charge in [0.1, 0.15) is 0 Å². The molecule has 0 aromatic rings. The maximum Gasteiger partial charge on any atom is 0.220 e. The quantitative estimate of drug-likeness (QED) is 0.0420. The van der Waals surface area contributed by atoms with Crippen LogP contribution in [0.1, 0.15) is 335 Å². The monoisotopic (exact) mass is 926 g/mol. The minimum absolute atomic E-state index is 0.0682. The van der Waals surface area contributed by atoms with Crippen LogP contribution in [0.4, 0.5) is 0 Å². The first-order valence-electron chi connectivity index (χ1n) is 30.2. The molecule has 2 atom stereocenters. The van der Waals surface area contributed by atoms with Crippen molar-refractivity contribution >= 4 is 5.91 Å². The second-order valence-corrected chi connectivity index (χ2v) is 20.8. The number of aliphatic hydroxyl groups is 2. The molecule has 4 nitrogen and oxygen atoms in total. The number of carbonyl (C=O) groups is 1. The summed E-state index contributed by atoms with van der Waals surface area (Å²) >= 11 is 0. The molecule has 0 bridgehead atoms. The molecule has 0 aliphatic carbocycles. The van der Waals surface area contributed by atoms with Crippen molar-refractivity contribution < 1.29 is 15.0 Å². The Bertz CT molecular complexity index is 1010. The number of nitrogens with one attached hydrogen (secondary N) is 1. The van der Waals surface area contributed by atoms with Gasteiger partial charge in [0, 0.05) is 6.42 Å². The third-order valence-electron chi connectivity index (χ3n) is 14.1. The second kappa shape index (κ2) is 57.9. The van der Waals surface area contributed by atoms with E-state index in [1.54, 1.807) is 6.08 Å². The zero-order valence-electron chi connectivity index (χ0n) is 45.0. The number of rotatable bonds is 56. The number of hydrogen-bond acceptors (Lipinski definition) is 3. The molecule has 0 heterocycles. The maximum absolute atomic E-state index is 12.5. The van der Waals surface area contributed by atoms with E-state index >= 15 is 0 Å². The molecule has 0 aliphatic rings. The van der Waals surface area contributed by atoms with Crippen LogP contribution in [0.25, 0.3) is 0 Å². The number of carbonyl (C=O) groups excluding carboxylic acids is 1. The van der Waals surface area contributed by atoms with Crippen molar-refractivity contribution in [3.63, 3.8) is 0 Å². The van der Waals surface area contributed by atoms with Crippen molar-refractivity contribution in [2.24, 2.45) is 0 Å². The number of allylic oxidation sites excluding steroid dienone is 5. The Morgan fingerprint density at radius 1 is 0.348 bits per heavy atom. The third kappa shape index (κ3) is 53.6. The molecule has 0 aliphatic heterocycles. The molecule has 390 valence electrons. The Hall–Kier alpha value is -1.39. The summed E-state index contributed by atoms with van der Waals surface area (Å²) in [4.78, 5) is 12.5. The van der Waals surface area contributed by atoms with Gasteiger partial charge in [0.2, 0.25) is 5.91 Å². The summed E-state index contributed by atoms with van der Waals surface area (Å²) in [6, 6.07) is -0.639. The Balaban J connectivity index is 3.48. The Morgan fingerprint density at radius 2 is 0.591 bits per heavy atom. The second-order valence-electron chi connectivity index (χ2n) is 20.8. The molecular weight excluding hydrogens is 807 g/mol. The lowest BCUT2D eigenvalue weighted by Gasteiger charge is -2.19. The van der Waals surface area contributed by atoms with Gasteiger partial charge in [-0.3, -0.25) is 4.79 Å². The Kier molecular flexibility index (Phi) is 56.7. The molecule has 4 heteroatoms. The normalized spacial score (nSPS) is 13.0. The summed E-state index contributed by atoms with van der Waals surface area (Å²) in [5.41, 5.74) is 0. The van der Waals surface area contributed by atoms with Crippen LogP contribution in [0, 0.1) is 0 Å². The van der Waals surface area contributed by atoms with E-state index in [1.165, 1.54) is 283 Å². The van der Waals surface area contributed by atoms with Crippen molar-refractivity contribution in [2.75, 3.05) is 6.61 Å². The average Bonchev–Trinajstić information content (AvgIpc) is 3.32. The van der Waals surface area contributed by atoms with Crippen LogP contribution in [-0.4, -0.2) is 34.9 Å². The minimum atomic E-state index is -0.862. The topological polar surface area (TPSA) is 69.6 Å². The molecule has 0 fully saturated rings. The van der Waals surface area contributed by atoms with Crippen LogP contribution >= 0.6 is 0 Å². The predicted molar refractivity (Wildman–Crippen MR) is 295 cm³/mol. The molecule has 0 aromatic heterocycles. The standard InChI is InChI=1S/C62H119NO3/c1-3-5-7-9-11-13-15-17-19-21-23-25-27-28-29-30-31-32-33-34-36-38-40-42-44-46-48-50-52-54-56-58-62(66)63-60(59-64)61(65)57-55-53-51-49-47-45-43-41-39-37-35-26-24-22-20-18-16-14-12-10-8-6-4-2/h28-29,47,49,55,57,60-61,64-65H,3-27,30-46,48,50-54,56,58-59H2,1-2H3,(H,63,66)/b29-28-,49-47+,57-55+. The fourth-order valence-electron chi connectivity index (χ4n) is 9.49. The molecule has 0 saturated carbocycles. The highest BCUT2D eigenvalue weighted by Gasteiger charge is 2.18. The van der Waals surface area contributed by atoms with E-state index in [9.17, 15) is 15.0 Å². The van der Waals surface area contributed by atoms with Gasteiger partial charge in [0.15, 0.2) is 0 Å². The van der Waals surface area contributed by atoms with Gasteiger partial charge in [-0.2, -0.15) is 0 Å². The summed E-state index contributed by atoms with van der Waals surface area (Å²) in [7, 11) is 0. The van der Waals surface area contributed by atoms with E-state index in [2.05, 4.69) is 43.5 Å². The first-order valence-corrected chi connectivity index (χ1v) is 30.2. The van der Waals surface area contributed by atoms with Crippen LogP contribution in [0.5, 0.6) is 0 Å². The molecule has 0 radical (unpaired) electrons. The van der Waals surface area contributed by atoms with Gasteiger partial charge in [-0.15, -0.1) is 0 Å². The van der Waals surface area contributed by atoms with E-state index < -0.39 is 12.1 Å². The lowest BCUT2D eigenvalue weighted by Crippen LogP contribution is -2.45. The van der Waals surface area contributed by atoms with Crippen LogP contribution < -0.4 is 5.32 Å². The highest BCUT2D eigenvalue weighted by Crippen LogP contribution is 2.17. The fraction of sp³-hybridized carbons (Fsp3) is 0.887. The number of amides is 1. The van der Waals surface area contributed by atoms with Crippen molar-refractivity contribution in [1.29, 1.82) is 0 Å². The van der Waals surface area contributed by atoms with Gasteiger partial charge in [-0.25, -0.2) is 0 Å². The van der Waals surface area contributed by atoms with Gasteiger partial charge < -0.3 is 15.5 Å². The van der Waals surface area contributed by atoms with Gasteiger partial charge in [-0.05, 0) is 57.8 Å². The molecule has 0 spiro atoms. The zero-order chi connectivity index (χ0) is 47.7. The van der Waals surface area contributed by atoms with Gasteiger partial charge in [-0.1, -0.05) is 307 Å². The molecule has 0 rings (SSSR count). The molecule has 2 unspecified atom stereocenters. The summed E-state index contributed by atoms with van der Waals surface area (Å²) < 4.78 is 0. The van der Waals surface area contributed by atoms with Crippen LogP contribution in [0.3, 0.4) is 0 Å². The molecular formula is C62H119NO3. The molecule has 0 saturated heterocycles. The maximum atomic E-state index is 12.5. The Labute approximate surface area is 414 Å². The zero-order valence-corrected chi connectivity index (χ0v) is 45.0. The number of aliphatic hydroxyl groups excluding tert-OH is 2. The number of unbranched alkanes of at least 4 members (excludes halogenated alkanes) is 45. The van der Waals surface area contributed by atoms with Crippen molar-refractivity contribution in [3.05, 3.63) is 36.5 Å². The van der Waals surface area contributed by atoms with Crippen LogP contribution in [0.15, 0.2) is 36.5 Å². The van der Waals surface area contributed by atoms with Crippen molar-refractivity contribution in [1.82, 2.24) is 5.32 Å². The molecule has 0 aromatic carbocycles. The predicted octanol–water partition coefficient (Wildman–Crippen LogP) is 20.0. The first kappa shape index (κ1) is 64.6. The summed E-state index contributed by atoms with van der Waals surface area (Å²) in [5.74, 6) is -0.0682. The lowest BCUT2D eigenvalue weighted by molar-refractivity contribution is -0.123. The van der Waals surface area contributed by atoms with E-state index in [0.717, 1.165) is 32.1 Å². The van der Waals surface area contributed by atoms with Crippen molar-refractivity contribution in [2.45, 2.75) is 347 Å². The summed E-state index contributed by atoms with van der Waals surface area (Å²) in [6.07, 6.45) is 79.0. The molecule has 3 N–H and O–H groups in total. The van der Waals surface area contributed by atoms with E-state index in [-0.39, 0.29) is 12.5 Å². The van der Waals surface area contributed by atoms with Crippen LogP contribution in [0.2, 0.25) is 0 Å². The largest absolute Gasteiger partial charge is 0.394 e. The molecule has 66 heavy (non-hydrogen) atoms. The fourth-order valence-corrected chi connectivity index (χ4v) is 9.49. The number of hydrogen-bond donors (Lipinski definition) is 3. The van der Waals surface area contributed by atoms with Gasteiger partial charge in [0.25, 0.3) is 0 Å². The third-order valence-corrected chi connectivity index (χ3v) is 14.1. The highest BCUT2D eigenvalue weighted by molar-refractivity contribution is 5.76. The van der Waals surface area contributed by atoms with Crippen LogP contribution in [-0.2, 0) is 4.79 Å². The lowest BCUT2D eigenvalue weighted by atomic mass is 10.0. The van der Waals surface area contributed by atoms with Gasteiger partial charge >= 0.3 is 0 Å². The minimum Gasteiger partial charge on any atom is -0.394 e. The van der Waals surface area contributed by atoms with Crippen molar-refractivity contribution in [3.8, 4) is 0 Å². The van der Waals surface area contributed by atoms with E-state index in [4.69, 9.17) is 0 Å². The summed E-state index contributed by atoms with van der Waals surface area (Å²) in [5, 5.41) is 23.2. The first-order chi connectivity index (χ1) is 32.7. The van der Waals surface area contributed by atoms with E-state index in [0.29, 0.717) is 6.42 Å².